The van der Waals surface area contributed by atoms with Gasteiger partial charge >= 0.3 is 12.0 Å². The molecule has 1 aromatic carbocycles. The molecule has 0 radical (unpaired) electrons. The Morgan fingerprint density at radius 1 is 1.38 bits per heavy atom. The maximum absolute atomic E-state index is 12.6. The lowest BCUT2D eigenvalue weighted by molar-refractivity contribution is -0.139. The summed E-state index contributed by atoms with van der Waals surface area (Å²) in [4.78, 5) is 28.5. The lowest BCUT2D eigenvalue weighted by atomic mass is 9.95. The first-order chi connectivity index (χ1) is 12.6. The Labute approximate surface area is 149 Å². The Morgan fingerprint density at radius 3 is 2.81 bits per heavy atom. The fourth-order valence-corrected chi connectivity index (χ4v) is 2.67. The predicted molar refractivity (Wildman–Crippen MR) is 89.2 cm³/mol. The van der Waals surface area contributed by atoms with Gasteiger partial charge in [0.15, 0.2) is 0 Å². The lowest BCUT2D eigenvalue weighted by Gasteiger charge is -2.29. The van der Waals surface area contributed by atoms with Gasteiger partial charge in [-0.2, -0.15) is 5.26 Å². The quantitative estimate of drug-likeness (QED) is 0.775. The molecule has 26 heavy (non-hydrogen) atoms. The molecule has 1 atom stereocenters. The molecular weight excluding hydrogens is 336 g/mol. The van der Waals surface area contributed by atoms with Crippen LogP contribution in [0.1, 0.15) is 24.4 Å². The van der Waals surface area contributed by atoms with Crippen LogP contribution < -0.4 is 10.6 Å². The second-order valence-electron chi connectivity index (χ2n) is 5.43. The minimum atomic E-state index is -0.655. The highest BCUT2D eigenvalue weighted by Crippen LogP contribution is 2.28. The zero-order valence-electron chi connectivity index (χ0n) is 14.0. The summed E-state index contributed by atoms with van der Waals surface area (Å²) >= 11 is 0. The van der Waals surface area contributed by atoms with Crippen molar-refractivity contribution >= 4 is 12.0 Å². The Kier molecular flexibility index (Phi) is 4.94. The number of carbonyl (C=O) groups is 2. The van der Waals surface area contributed by atoms with Crippen molar-refractivity contribution < 1.29 is 14.3 Å². The van der Waals surface area contributed by atoms with Crippen molar-refractivity contribution in [2.45, 2.75) is 19.5 Å². The summed E-state index contributed by atoms with van der Waals surface area (Å²) in [5.74, 6) is -0.535. The third-order valence-corrected chi connectivity index (χ3v) is 3.74. The highest BCUT2D eigenvalue weighted by Gasteiger charge is 2.33. The van der Waals surface area contributed by atoms with Crippen molar-refractivity contribution in [3.05, 3.63) is 59.3 Å². The molecule has 0 aliphatic carbocycles. The van der Waals surface area contributed by atoms with Crippen LogP contribution in [0.5, 0.6) is 0 Å². The summed E-state index contributed by atoms with van der Waals surface area (Å²) < 4.78 is 6.55. The predicted octanol–water partition coefficient (Wildman–Crippen LogP) is 1.02. The highest BCUT2D eigenvalue weighted by atomic mass is 16.5. The van der Waals surface area contributed by atoms with E-state index in [9.17, 15) is 9.59 Å². The van der Waals surface area contributed by atoms with Crippen LogP contribution in [0.25, 0.3) is 0 Å². The summed E-state index contributed by atoms with van der Waals surface area (Å²) in [6.07, 6.45) is 1.36. The fourth-order valence-electron chi connectivity index (χ4n) is 2.67. The molecule has 1 aliphatic rings. The van der Waals surface area contributed by atoms with E-state index in [4.69, 9.17) is 10.00 Å². The molecule has 1 aliphatic heterocycles. The van der Waals surface area contributed by atoms with Crippen LogP contribution in [0.2, 0.25) is 0 Å². The molecule has 0 saturated heterocycles. The number of urea groups is 1. The van der Waals surface area contributed by atoms with Gasteiger partial charge in [0.05, 0.1) is 30.5 Å². The van der Waals surface area contributed by atoms with Crippen LogP contribution in [0.4, 0.5) is 4.79 Å². The van der Waals surface area contributed by atoms with E-state index in [1.807, 2.05) is 36.4 Å². The number of ether oxygens (including phenoxy) is 1. The van der Waals surface area contributed by atoms with Gasteiger partial charge in [-0.1, -0.05) is 30.3 Å². The first-order valence-corrected chi connectivity index (χ1v) is 7.94. The van der Waals surface area contributed by atoms with Crippen molar-refractivity contribution in [1.29, 1.82) is 5.26 Å². The van der Waals surface area contributed by atoms with Gasteiger partial charge < -0.3 is 15.4 Å². The number of rotatable bonds is 5. The average Bonchev–Trinajstić information content (AvgIpc) is 3.09. The number of nitrogens with one attached hydrogen (secondary N) is 2. The molecular formula is C17H16N6O3. The number of amides is 2. The zero-order valence-corrected chi connectivity index (χ0v) is 14.0. The van der Waals surface area contributed by atoms with Gasteiger partial charge in [0.2, 0.25) is 0 Å². The van der Waals surface area contributed by atoms with E-state index in [0.29, 0.717) is 5.70 Å². The Hall–Kier alpha value is -3.67. The SMILES string of the molecule is CCOC(=O)C1=C(Cn2cnc(C#N)n2)NC(=O)N[C@H]1c1ccccc1. The molecule has 2 N–H and O–H groups in total. The topological polar surface area (TPSA) is 122 Å². The number of nitriles is 1. The third-order valence-electron chi connectivity index (χ3n) is 3.74. The number of nitrogens with zero attached hydrogens (tertiary/aromatic N) is 4. The number of esters is 1. The van der Waals surface area contributed by atoms with Gasteiger partial charge in [0.25, 0.3) is 5.82 Å². The molecule has 0 bridgehead atoms. The van der Waals surface area contributed by atoms with Gasteiger partial charge in [-0.3, -0.25) is 0 Å². The molecule has 132 valence electrons. The molecule has 0 spiro atoms. The molecule has 0 saturated carbocycles. The van der Waals surface area contributed by atoms with Crippen molar-refractivity contribution in [3.63, 3.8) is 0 Å². The van der Waals surface area contributed by atoms with Crippen molar-refractivity contribution in [2.75, 3.05) is 6.61 Å². The van der Waals surface area contributed by atoms with E-state index in [-0.39, 0.29) is 24.5 Å². The fraction of sp³-hybridized carbons (Fsp3) is 0.235. The molecule has 9 nitrogen and oxygen atoms in total. The standard InChI is InChI=1S/C17H16N6O3/c1-2-26-16(24)14-12(9-23-10-19-13(8-18)22-23)20-17(25)21-15(14)11-6-4-3-5-7-11/h3-7,10,15H,2,9H2,1H3,(H2,20,21,25)/t15-/m0/s1. The minimum absolute atomic E-state index is 0.00292. The summed E-state index contributed by atoms with van der Waals surface area (Å²) in [6.45, 7) is 1.98. The molecule has 1 aromatic heterocycles. The Bertz CT molecular complexity index is 897. The summed E-state index contributed by atoms with van der Waals surface area (Å²) in [7, 11) is 0. The van der Waals surface area contributed by atoms with E-state index < -0.39 is 18.0 Å². The second kappa shape index (κ2) is 7.48. The molecule has 0 fully saturated rings. The average molecular weight is 352 g/mol. The van der Waals surface area contributed by atoms with Gasteiger partial charge in [-0.25, -0.2) is 19.3 Å². The van der Waals surface area contributed by atoms with Gasteiger partial charge in [-0.05, 0) is 12.5 Å². The zero-order chi connectivity index (χ0) is 18.5. The minimum Gasteiger partial charge on any atom is -0.463 e. The van der Waals surface area contributed by atoms with Gasteiger partial charge in [0, 0.05) is 0 Å². The summed E-state index contributed by atoms with van der Waals surface area (Å²) in [5, 5.41) is 18.2. The lowest BCUT2D eigenvalue weighted by Crippen LogP contribution is -2.46. The molecule has 2 aromatic rings. The number of allylic oxidation sites excluding steroid dienone is 1. The van der Waals surface area contributed by atoms with Crippen LogP contribution in [0.15, 0.2) is 47.9 Å². The maximum Gasteiger partial charge on any atom is 0.338 e. The molecule has 2 amide bonds. The van der Waals surface area contributed by atoms with Crippen LogP contribution in [0.3, 0.4) is 0 Å². The van der Waals surface area contributed by atoms with Gasteiger partial charge in [-0.15, -0.1) is 5.10 Å². The van der Waals surface area contributed by atoms with Gasteiger partial charge in [0.1, 0.15) is 12.4 Å². The molecule has 3 rings (SSSR count). The van der Waals surface area contributed by atoms with Crippen molar-refractivity contribution in [3.8, 4) is 6.07 Å². The van der Waals surface area contributed by atoms with E-state index in [1.54, 1.807) is 6.92 Å². The number of hydrogen-bond donors (Lipinski definition) is 2. The Balaban J connectivity index is 2.04. The normalized spacial score (nSPS) is 16.5. The molecule has 9 heteroatoms. The monoisotopic (exact) mass is 352 g/mol. The summed E-state index contributed by atoms with van der Waals surface area (Å²) in [5.41, 5.74) is 1.38. The summed E-state index contributed by atoms with van der Waals surface area (Å²) in [6, 6.07) is 9.86. The number of hydrogen-bond acceptors (Lipinski definition) is 6. The smallest absolute Gasteiger partial charge is 0.338 e. The van der Waals surface area contributed by atoms with Crippen molar-refractivity contribution in [2.24, 2.45) is 0 Å². The largest absolute Gasteiger partial charge is 0.463 e. The van der Waals surface area contributed by atoms with E-state index in [1.165, 1.54) is 11.0 Å². The first-order valence-electron chi connectivity index (χ1n) is 7.94. The molecule has 2 heterocycles. The highest BCUT2D eigenvalue weighted by molar-refractivity contribution is 5.95. The maximum atomic E-state index is 12.6. The number of aromatic nitrogens is 3. The van der Waals surface area contributed by atoms with Crippen LogP contribution in [-0.4, -0.2) is 33.4 Å². The van der Waals surface area contributed by atoms with E-state index in [0.717, 1.165) is 5.56 Å². The van der Waals surface area contributed by atoms with E-state index in [2.05, 4.69) is 20.7 Å². The molecule has 0 unspecified atom stereocenters. The number of benzene rings is 1. The Morgan fingerprint density at radius 2 is 2.15 bits per heavy atom. The van der Waals surface area contributed by atoms with Crippen LogP contribution >= 0.6 is 0 Å². The number of carbonyl (C=O) groups excluding carboxylic acids is 2. The van der Waals surface area contributed by atoms with Crippen LogP contribution in [0, 0.1) is 11.3 Å². The second-order valence-corrected chi connectivity index (χ2v) is 5.43. The van der Waals surface area contributed by atoms with E-state index >= 15 is 0 Å². The first kappa shape index (κ1) is 17.2. The third kappa shape index (κ3) is 3.54. The van der Waals surface area contributed by atoms with Crippen LogP contribution in [-0.2, 0) is 16.1 Å². The van der Waals surface area contributed by atoms with Crippen molar-refractivity contribution in [1.82, 2.24) is 25.4 Å².